The highest BCUT2D eigenvalue weighted by atomic mass is 16.1. The van der Waals surface area contributed by atoms with Crippen molar-refractivity contribution >= 4 is 17.3 Å². The van der Waals surface area contributed by atoms with Crippen LogP contribution in [0.3, 0.4) is 0 Å². The van der Waals surface area contributed by atoms with Crippen LogP contribution in [-0.2, 0) is 0 Å². The predicted molar refractivity (Wildman–Crippen MR) is 81.4 cm³/mol. The number of carbonyl (C=O) groups is 1. The van der Waals surface area contributed by atoms with Crippen LogP contribution in [0.15, 0.2) is 18.2 Å². The Bertz CT molecular complexity index is 449. The molecular formula is C15H25N3O. The van der Waals surface area contributed by atoms with Gasteiger partial charge in [0.2, 0.25) is 0 Å². The molecule has 0 spiro atoms. The van der Waals surface area contributed by atoms with Crippen LogP contribution in [0.5, 0.6) is 0 Å². The van der Waals surface area contributed by atoms with Gasteiger partial charge in [0.1, 0.15) is 0 Å². The Labute approximate surface area is 115 Å². The van der Waals surface area contributed by atoms with Crippen molar-refractivity contribution in [1.82, 2.24) is 5.32 Å². The van der Waals surface area contributed by atoms with E-state index in [-0.39, 0.29) is 17.4 Å². The Hall–Kier alpha value is -1.71. The van der Waals surface area contributed by atoms with Crippen molar-refractivity contribution in [2.24, 2.45) is 5.41 Å². The molecule has 106 valence electrons. The van der Waals surface area contributed by atoms with Crippen LogP contribution in [-0.4, -0.2) is 18.5 Å². The van der Waals surface area contributed by atoms with Crippen molar-refractivity contribution in [3.63, 3.8) is 0 Å². The lowest BCUT2D eigenvalue weighted by atomic mass is 9.87. The van der Waals surface area contributed by atoms with Gasteiger partial charge in [-0.25, -0.2) is 0 Å². The third-order valence-corrected chi connectivity index (χ3v) is 3.30. The molecule has 1 amide bonds. The average molecular weight is 263 g/mol. The second kappa shape index (κ2) is 5.95. The lowest BCUT2D eigenvalue weighted by Gasteiger charge is -2.29. The van der Waals surface area contributed by atoms with Gasteiger partial charge in [0.15, 0.2) is 0 Å². The van der Waals surface area contributed by atoms with E-state index < -0.39 is 0 Å². The lowest BCUT2D eigenvalue weighted by Crippen LogP contribution is -2.32. The Morgan fingerprint density at radius 1 is 1.37 bits per heavy atom. The first-order valence-electron chi connectivity index (χ1n) is 6.70. The van der Waals surface area contributed by atoms with Gasteiger partial charge < -0.3 is 16.4 Å². The SMILES string of the molecule is CCNC(=O)c1ccc(N)cc1NC(C)C(C)(C)C. The Morgan fingerprint density at radius 3 is 2.53 bits per heavy atom. The number of amides is 1. The molecule has 1 rings (SSSR count). The van der Waals surface area contributed by atoms with Crippen molar-refractivity contribution in [3.05, 3.63) is 23.8 Å². The smallest absolute Gasteiger partial charge is 0.253 e. The second-order valence-electron chi connectivity index (χ2n) is 5.90. The molecule has 4 nitrogen and oxygen atoms in total. The third kappa shape index (κ3) is 4.16. The Morgan fingerprint density at radius 2 is 2.00 bits per heavy atom. The van der Waals surface area contributed by atoms with Crippen LogP contribution in [0.4, 0.5) is 11.4 Å². The quantitative estimate of drug-likeness (QED) is 0.732. The van der Waals surface area contributed by atoms with Gasteiger partial charge in [0.05, 0.1) is 5.56 Å². The number of rotatable bonds is 4. The van der Waals surface area contributed by atoms with Crippen LogP contribution >= 0.6 is 0 Å². The van der Waals surface area contributed by atoms with Crippen molar-refractivity contribution in [3.8, 4) is 0 Å². The number of nitrogens with two attached hydrogens (primary N) is 1. The van der Waals surface area contributed by atoms with Gasteiger partial charge in [-0.1, -0.05) is 20.8 Å². The number of nitrogen functional groups attached to an aromatic ring is 1. The summed E-state index contributed by atoms with van der Waals surface area (Å²) in [5.41, 5.74) is 7.98. The average Bonchev–Trinajstić information content (AvgIpc) is 2.28. The summed E-state index contributed by atoms with van der Waals surface area (Å²) in [7, 11) is 0. The minimum Gasteiger partial charge on any atom is -0.399 e. The molecule has 19 heavy (non-hydrogen) atoms. The largest absolute Gasteiger partial charge is 0.399 e. The van der Waals surface area contributed by atoms with E-state index in [2.05, 4.69) is 38.3 Å². The number of hydrogen-bond donors (Lipinski definition) is 3. The summed E-state index contributed by atoms with van der Waals surface area (Å²) in [6.07, 6.45) is 0. The minimum atomic E-state index is -0.0777. The molecule has 1 atom stereocenters. The summed E-state index contributed by atoms with van der Waals surface area (Å²) in [5, 5.41) is 6.20. The Balaban J connectivity index is 3.04. The molecule has 0 saturated heterocycles. The van der Waals surface area contributed by atoms with E-state index in [0.29, 0.717) is 17.8 Å². The van der Waals surface area contributed by atoms with Crippen LogP contribution in [0.2, 0.25) is 0 Å². The molecule has 0 heterocycles. The van der Waals surface area contributed by atoms with E-state index in [1.807, 2.05) is 13.0 Å². The summed E-state index contributed by atoms with van der Waals surface area (Å²) in [4.78, 5) is 12.0. The number of nitrogens with one attached hydrogen (secondary N) is 2. The maximum Gasteiger partial charge on any atom is 0.253 e. The molecule has 4 heteroatoms. The molecule has 0 radical (unpaired) electrons. The van der Waals surface area contributed by atoms with Crippen molar-refractivity contribution < 1.29 is 4.79 Å². The number of carbonyl (C=O) groups excluding carboxylic acids is 1. The highest BCUT2D eigenvalue weighted by Crippen LogP contribution is 2.26. The molecule has 1 unspecified atom stereocenters. The molecule has 0 fully saturated rings. The monoisotopic (exact) mass is 263 g/mol. The van der Waals surface area contributed by atoms with E-state index in [1.165, 1.54) is 0 Å². The highest BCUT2D eigenvalue weighted by Gasteiger charge is 2.21. The first kappa shape index (κ1) is 15.3. The first-order chi connectivity index (χ1) is 8.75. The predicted octanol–water partition coefficient (Wildman–Crippen LogP) is 2.87. The van der Waals surface area contributed by atoms with Crippen molar-refractivity contribution in [1.29, 1.82) is 0 Å². The molecular weight excluding hydrogens is 238 g/mol. The van der Waals surface area contributed by atoms with Gasteiger partial charge in [0.25, 0.3) is 5.91 Å². The van der Waals surface area contributed by atoms with E-state index in [1.54, 1.807) is 12.1 Å². The molecule has 4 N–H and O–H groups in total. The maximum atomic E-state index is 12.0. The topological polar surface area (TPSA) is 67.2 Å². The Kier molecular flexibility index (Phi) is 4.81. The third-order valence-electron chi connectivity index (χ3n) is 3.30. The fourth-order valence-electron chi connectivity index (χ4n) is 1.58. The fourth-order valence-corrected chi connectivity index (χ4v) is 1.58. The molecule has 0 aromatic heterocycles. The number of anilines is 2. The highest BCUT2D eigenvalue weighted by molar-refractivity contribution is 6.00. The van der Waals surface area contributed by atoms with E-state index >= 15 is 0 Å². The molecule has 0 bridgehead atoms. The van der Waals surface area contributed by atoms with Gasteiger partial charge in [-0.15, -0.1) is 0 Å². The van der Waals surface area contributed by atoms with Crippen LogP contribution in [0.1, 0.15) is 45.0 Å². The number of hydrogen-bond acceptors (Lipinski definition) is 3. The summed E-state index contributed by atoms with van der Waals surface area (Å²) in [5.74, 6) is -0.0777. The van der Waals surface area contributed by atoms with Gasteiger partial charge in [0, 0.05) is 24.0 Å². The standard InChI is InChI=1S/C15H25N3O/c1-6-17-14(19)12-8-7-11(16)9-13(12)18-10(2)15(3,4)5/h7-10,18H,6,16H2,1-5H3,(H,17,19). The number of benzene rings is 1. The van der Waals surface area contributed by atoms with Gasteiger partial charge in [-0.05, 0) is 37.5 Å². The maximum absolute atomic E-state index is 12.0. The fraction of sp³-hybridized carbons (Fsp3) is 0.533. The molecule has 1 aromatic carbocycles. The lowest BCUT2D eigenvalue weighted by molar-refractivity contribution is 0.0956. The summed E-state index contributed by atoms with van der Waals surface area (Å²) in [6, 6.07) is 5.55. The molecule has 0 saturated carbocycles. The van der Waals surface area contributed by atoms with E-state index in [9.17, 15) is 4.79 Å². The van der Waals surface area contributed by atoms with E-state index in [4.69, 9.17) is 5.73 Å². The summed E-state index contributed by atoms with van der Waals surface area (Å²) >= 11 is 0. The first-order valence-corrected chi connectivity index (χ1v) is 6.70. The zero-order chi connectivity index (χ0) is 14.6. The van der Waals surface area contributed by atoms with E-state index in [0.717, 1.165) is 5.69 Å². The van der Waals surface area contributed by atoms with Gasteiger partial charge in [-0.2, -0.15) is 0 Å². The van der Waals surface area contributed by atoms with Crippen molar-refractivity contribution in [2.45, 2.75) is 40.7 Å². The van der Waals surface area contributed by atoms with Gasteiger partial charge >= 0.3 is 0 Å². The summed E-state index contributed by atoms with van der Waals surface area (Å²) < 4.78 is 0. The molecule has 0 aliphatic rings. The zero-order valence-electron chi connectivity index (χ0n) is 12.5. The zero-order valence-corrected chi connectivity index (χ0v) is 12.5. The molecule has 1 aromatic rings. The minimum absolute atomic E-state index is 0.0777. The molecule has 0 aliphatic carbocycles. The molecule has 0 aliphatic heterocycles. The normalized spacial score (nSPS) is 12.9. The van der Waals surface area contributed by atoms with Crippen LogP contribution in [0.25, 0.3) is 0 Å². The van der Waals surface area contributed by atoms with Crippen LogP contribution < -0.4 is 16.4 Å². The van der Waals surface area contributed by atoms with Gasteiger partial charge in [-0.3, -0.25) is 4.79 Å². The summed E-state index contributed by atoms with van der Waals surface area (Å²) in [6.45, 7) is 11.1. The second-order valence-corrected chi connectivity index (χ2v) is 5.90. The van der Waals surface area contributed by atoms with Crippen LogP contribution in [0, 0.1) is 5.41 Å². The van der Waals surface area contributed by atoms with Crippen molar-refractivity contribution in [2.75, 3.05) is 17.6 Å².